The normalized spacial score (nSPS) is 17.9. The molecular formula is C31H43N3O5. The first-order chi connectivity index (χ1) is 18.5. The minimum absolute atomic E-state index is 0.131. The molecule has 0 radical (unpaired) electrons. The zero-order valence-corrected chi connectivity index (χ0v) is 24.3. The SMILES string of the molecule is CCCC(NC(=O)N1C(=O)C(CC)(CC)C1Oc1ccc(C(=O)O)c(C(CC)N(C)C)c1)c1ccc(C)cc1. The average molecular weight is 538 g/mol. The van der Waals surface area contributed by atoms with Crippen molar-refractivity contribution in [2.45, 2.75) is 85.0 Å². The lowest BCUT2D eigenvalue weighted by atomic mass is 9.72. The number of β-lactam (4-membered cyclic amide) rings is 1. The van der Waals surface area contributed by atoms with Crippen LogP contribution in [0.25, 0.3) is 0 Å². The molecule has 3 rings (SSSR count). The molecule has 3 unspecified atom stereocenters. The summed E-state index contributed by atoms with van der Waals surface area (Å²) in [5.41, 5.74) is 2.13. The van der Waals surface area contributed by atoms with E-state index in [2.05, 4.69) is 12.2 Å². The molecule has 2 aromatic carbocycles. The van der Waals surface area contributed by atoms with Crippen LogP contribution in [0.3, 0.4) is 0 Å². The Morgan fingerprint density at radius 2 is 1.72 bits per heavy atom. The van der Waals surface area contributed by atoms with Gasteiger partial charge in [-0.2, -0.15) is 0 Å². The molecule has 8 heteroatoms. The second kappa shape index (κ2) is 12.6. The van der Waals surface area contributed by atoms with Crippen molar-refractivity contribution in [1.29, 1.82) is 0 Å². The second-order valence-corrected chi connectivity index (χ2v) is 10.7. The van der Waals surface area contributed by atoms with E-state index >= 15 is 0 Å². The average Bonchev–Trinajstić information content (AvgIpc) is 2.90. The van der Waals surface area contributed by atoms with Crippen molar-refractivity contribution in [2.24, 2.45) is 5.41 Å². The largest absolute Gasteiger partial charge is 0.478 e. The van der Waals surface area contributed by atoms with E-state index in [4.69, 9.17) is 4.74 Å². The Labute approximate surface area is 232 Å². The van der Waals surface area contributed by atoms with Crippen LogP contribution in [-0.2, 0) is 4.79 Å². The van der Waals surface area contributed by atoms with E-state index in [9.17, 15) is 19.5 Å². The molecule has 1 aliphatic rings. The fraction of sp³-hybridized carbons (Fsp3) is 0.516. The third-order valence-electron chi connectivity index (χ3n) is 8.06. The number of aryl methyl sites for hydroxylation is 1. The Kier molecular flexibility index (Phi) is 9.78. The van der Waals surface area contributed by atoms with Crippen molar-refractivity contribution < 1.29 is 24.2 Å². The van der Waals surface area contributed by atoms with Crippen LogP contribution < -0.4 is 10.1 Å². The number of ether oxygens (including phenoxy) is 1. The number of benzene rings is 2. The van der Waals surface area contributed by atoms with E-state index in [1.807, 2.05) is 71.0 Å². The van der Waals surface area contributed by atoms with Crippen LogP contribution in [-0.4, -0.2) is 53.1 Å². The number of hydrogen-bond acceptors (Lipinski definition) is 5. The van der Waals surface area contributed by atoms with Gasteiger partial charge in [0, 0.05) is 6.04 Å². The Hall–Kier alpha value is -3.39. The molecule has 0 bridgehead atoms. The molecule has 212 valence electrons. The first-order valence-electron chi connectivity index (χ1n) is 13.9. The highest BCUT2D eigenvalue weighted by Gasteiger charge is 2.63. The van der Waals surface area contributed by atoms with E-state index in [0.29, 0.717) is 30.6 Å². The van der Waals surface area contributed by atoms with Gasteiger partial charge in [0.25, 0.3) is 0 Å². The number of urea groups is 1. The Morgan fingerprint density at radius 1 is 1.08 bits per heavy atom. The predicted octanol–water partition coefficient (Wildman–Crippen LogP) is 6.31. The number of nitrogens with zero attached hydrogens (tertiary/aromatic N) is 2. The molecular weight excluding hydrogens is 494 g/mol. The van der Waals surface area contributed by atoms with E-state index < -0.39 is 23.6 Å². The Balaban J connectivity index is 1.94. The molecule has 3 atom stereocenters. The quantitative estimate of drug-likeness (QED) is 0.308. The molecule has 0 spiro atoms. The fourth-order valence-electron chi connectivity index (χ4n) is 5.60. The summed E-state index contributed by atoms with van der Waals surface area (Å²) in [5.74, 6) is -0.831. The van der Waals surface area contributed by atoms with Gasteiger partial charge in [0.05, 0.1) is 11.6 Å². The number of nitrogens with one attached hydrogen (secondary N) is 1. The molecule has 2 aromatic rings. The molecule has 0 aliphatic carbocycles. The van der Waals surface area contributed by atoms with Crippen LogP contribution in [0.5, 0.6) is 5.75 Å². The first kappa shape index (κ1) is 30.2. The molecule has 1 aliphatic heterocycles. The van der Waals surface area contributed by atoms with Crippen molar-refractivity contribution >= 4 is 17.9 Å². The topological polar surface area (TPSA) is 99.2 Å². The maximum Gasteiger partial charge on any atom is 0.336 e. The lowest BCUT2D eigenvalue weighted by Crippen LogP contribution is -2.73. The minimum Gasteiger partial charge on any atom is -0.478 e. The van der Waals surface area contributed by atoms with Crippen LogP contribution in [0, 0.1) is 12.3 Å². The summed E-state index contributed by atoms with van der Waals surface area (Å²) in [4.78, 5) is 42.2. The lowest BCUT2D eigenvalue weighted by molar-refractivity contribution is -0.191. The summed E-state index contributed by atoms with van der Waals surface area (Å²) < 4.78 is 6.40. The highest BCUT2D eigenvalue weighted by Crippen LogP contribution is 2.46. The van der Waals surface area contributed by atoms with E-state index in [1.165, 1.54) is 11.0 Å². The fourth-order valence-corrected chi connectivity index (χ4v) is 5.60. The Morgan fingerprint density at radius 3 is 2.23 bits per heavy atom. The van der Waals surface area contributed by atoms with Crippen molar-refractivity contribution in [3.05, 3.63) is 64.7 Å². The van der Waals surface area contributed by atoms with Gasteiger partial charge in [0.2, 0.25) is 5.91 Å². The van der Waals surface area contributed by atoms with Gasteiger partial charge in [-0.3, -0.25) is 4.79 Å². The van der Waals surface area contributed by atoms with Gasteiger partial charge < -0.3 is 20.1 Å². The zero-order chi connectivity index (χ0) is 28.9. The van der Waals surface area contributed by atoms with Crippen LogP contribution in [0.2, 0.25) is 0 Å². The highest BCUT2D eigenvalue weighted by molar-refractivity contribution is 6.03. The third kappa shape index (κ3) is 5.96. The number of aromatic carboxylic acids is 1. The van der Waals surface area contributed by atoms with Gasteiger partial charge in [-0.15, -0.1) is 0 Å². The number of amides is 3. The summed E-state index contributed by atoms with van der Waals surface area (Å²) in [6, 6.07) is 12.1. The van der Waals surface area contributed by atoms with Crippen LogP contribution in [0.15, 0.2) is 42.5 Å². The third-order valence-corrected chi connectivity index (χ3v) is 8.06. The maximum absolute atomic E-state index is 13.6. The summed E-state index contributed by atoms with van der Waals surface area (Å²) in [5, 5.41) is 12.9. The molecule has 0 saturated carbocycles. The van der Waals surface area contributed by atoms with Gasteiger partial charge in [-0.1, -0.05) is 63.9 Å². The smallest absolute Gasteiger partial charge is 0.336 e. The summed E-state index contributed by atoms with van der Waals surface area (Å²) in [6.07, 6.45) is 2.54. The highest BCUT2D eigenvalue weighted by atomic mass is 16.5. The molecule has 39 heavy (non-hydrogen) atoms. The van der Waals surface area contributed by atoms with E-state index in [-0.39, 0.29) is 23.6 Å². The Bertz CT molecular complexity index is 1170. The van der Waals surface area contributed by atoms with Crippen molar-refractivity contribution in [3.63, 3.8) is 0 Å². The number of carboxylic acid groups (broad SMARTS) is 1. The standard InChI is InChI=1S/C31H43N3O5/c1-8-12-25(21-15-13-20(5)14-16-21)32-30(38)34-28(37)31(10-3,11-4)29(34)39-22-17-18-23(27(35)36)24(19-22)26(9-2)33(6)7/h13-19,25-26,29H,8-12H2,1-7H3,(H,32,38)(H,35,36). The summed E-state index contributed by atoms with van der Waals surface area (Å²) in [7, 11) is 3.81. The second-order valence-electron chi connectivity index (χ2n) is 10.7. The summed E-state index contributed by atoms with van der Waals surface area (Å²) in [6.45, 7) is 9.93. The number of hydrogen-bond donors (Lipinski definition) is 2. The van der Waals surface area contributed by atoms with Crippen molar-refractivity contribution in [1.82, 2.24) is 15.1 Å². The number of likely N-dealkylation sites (tertiary alicyclic amines) is 1. The molecule has 2 N–H and O–H groups in total. The maximum atomic E-state index is 13.6. The van der Waals surface area contributed by atoms with E-state index in [1.54, 1.807) is 12.1 Å². The van der Waals surface area contributed by atoms with E-state index in [0.717, 1.165) is 24.0 Å². The minimum atomic E-state index is -1.01. The number of carboxylic acids is 1. The monoisotopic (exact) mass is 537 g/mol. The summed E-state index contributed by atoms with van der Waals surface area (Å²) >= 11 is 0. The molecule has 8 nitrogen and oxygen atoms in total. The molecule has 0 aromatic heterocycles. The van der Waals surface area contributed by atoms with Crippen LogP contribution in [0.1, 0.15) is 98.9 Å². The zero-order valence-electron chi connectivity index (χ0n) is 24.3. The molecule has 1 fully saturated rings. The number of carbonyl (C=O) groups is 3. The first-order valence-corrected chi connectivity index (χ1v) is 13.9. The van der Waals surface area contributed by atoms with Crippen molar-refractivity contribution in [3.8, 4) is 5.75 Å². The number of imide groups is 1. The van der Waals surface area contributed by atoms with Gasteiger partial charge in [0.15, 0.2) is 6.23 Å². The lowest BCUT2D eigenvalue weighted by Gasteiger charge is -2.53. The van der Waals surface area contributed by atoms with Crippen LogP contribution >= 0.6 is 0 Å². The molecule has 3 amide bonds. The van der Waals surface area contributed by atoms with Gasteiger partial charge in [-0.05, 0) is 76.0 Å². The predicted molar refractivity (Wildman–Crippen MR) is 152 cm³/mol. The van der Waals surface area contributed by atoms with Gasteiger partial charge >= 0.3 is 12.0 Å². The molecule has 1 saturated heterocycles. The van der Waals surface area contributed by atoms with Crippen molar-refractivity contribution in [2.75, 3.05) is 14.1 Å². The number of carbonyl (C=O) groups excluding carboxylic acids is 2. The molecule has 1 heterocycles. The van der Waals surface area contributed by atoms with Gasteiger partial charge in [0.1, 0.15) is 11.2 Å². The van der Waals surface area contributed by atoms with Crippen LogP contribution in [0.4, 0.5) is 4.79 Å². The van der Waals surface area contributed by atoms with Gasteiger partial charge in [-0.25, -0.2) is 14.5 Å². The number of rotatable bonds is 12.